The van der Waals surface area contributed by atoms with Crippen LogP contribution in [0, 0.1) is 0 Å². The molecule has 26 heavy (non-hydrogen) atoms. The molecule has 2 heterocycles. The van der Waals surface area contributed by atoms with Crippen LogP contribution in [0.3, 0.4) is 0 Å². The maximum absolute atomic E-state index is 12.6. The van der Waals surface area contributed by atoms with E-state index < -0.39 is 0 Å². The number of hydrogen-bond donors (Lipinski definition) is 2. The molecular weight excluding hydrogens is 344 g/mol. The molecule has 0 fully saturated rings. The standard InChI is InChI=1S/C20H26N4OS/c1-3-21-20(22-12-15(2)17-9-11-26-14-17)23-13-19(25)24-10-8-16-6-4-5-7-18(16)24/h4-7,9,11,14-15H,3,8,10,12-13H2,1-2H3,(H2,21,22,23). The second-order valence-electron chi connectivity index (χ2n) is 6.46. The van der Waals surface area contributed by atoms with E-state index in [0.717, 1.165) is 31.7 Å². The maximum Gasteiger partial charge on any atom is 0.248 e. The number of rotatable bonds is 6. The largest absolute Gasteiger partial charge is 0.357 e. The Morgan fingerprint density at radius 3 is 2.92 bits per heavy atom. The first-order valence-electron chi connectivity index (χ1n) is 9.11. The molecule has 1 aromatic heterocycles. The number of nitrogens with one attached hydrogen (secondary N) is 2. The van der Waals surface area contributed by atoms with E-state index in [1.807, 2.05) is 30.0 Å². The Morgan fingerprint density at radius 2 is 2.15 bits per heavy atom. The van der Waals surface area contributed by atoms with Crippen molar-refractivity contribution in [3.05, 3.63) is 52.2 Å². The van der Waals surface area contributed by atoms with E-state index in [-0.39, 0.29) is 12.5 Å². The summed E-state index contributed by atoms with van der Waals surface area (Å²) >= 11 is 1.71. The van der Waals surface area contributed by atoms with Crippen LogP contribution in [0.25, 0.3) is 0 Å². The van der Waals surface area contributed by atoms with Crippen LogP contribution in [0.1, 0.15) is 30.9 Å². The van der Waals surface area contributed by atoms with Crippen molar-refractivity contribution in [2.45, 2.75) is 26.2 Å². The van der Waals surface area contributed by atoms with Gasteiger partial charge in [-0.3, -0.25) is 4.79 Å². The van der Waals surface area contributed by atoms with Gasteiger partial charge in [0.05, 0.1) is 0 Å². The van der Waals surface area contributed by atoms with Gasteiger partial charge in [0.25, 0.3) is 0 Å². The highest BCUT2D eigenvalue weighted by Gasteiger charge is 2.23. The molecule has 2 N–H and O–H groups in total. The zero-order chi connectivity index (χ0) is 18.4. The van der Waals surface area contributed by atoms with E-state index in [2.05, 4.69) is 45.4 Å². The summed E-state index contributed by atoms with van der Waals surface area (Å²) in [5, 5.41) is 10.8. The van der Waals surface area contributed by atoms with Crippen LogP contribution in [0.15, 0.2) is 46.1 Å². The van der Waals surface area contributed by atoms with Gasteiger partial charge in [-0.1, -0.05) is 25.1 Å². The number of aliphatic imine (C=N–C) groups is 1. The second-order valence-corrected chi connectivity index (χ2v) is 7.24. The van der Waals surface area contributed by atoms with Crippen molar-refractivity contribution in [1.82, 2.24) is 10.6 Å². The molecule has 0 saturated heterocycles. The van der Waals surface area contributed by atoms with E-state index in [1.165, 1.54) is 11.1 Å². The van der Waals surface area contributed by atoms with Crippen LogP contribution < -0.4 is 15.5 Å². The predicted molar refractivity (Wildman–Crippen MR) is 109 cm³/mol. The van der Waals surface area contributed by atoms with Crippen molar-refractivity contribution in [3.8, 4) is 0 Å². The van der Waals surface area contributed by atoms with Gasteiger partial charge in [0, 0.05) is 25.3 Å². The first-order valence-corrected chi connectivity index (χ1v) is 10.1. The average Bonchev–Trinajstić information content (AvgIpc) is 3.33. The number of guanidine groups is 1. The van der Waals surface area contributed by atoms with Gasteiger partial charge in [0.1, 0.15) is 6.54 Å². The Morgan fingerprint density at radius 1 is 1.31 bits per heavy atom. The van der Waals surface area contributed by atoms with Crippen molar-refractivity contribution >= 4 is 28.9 Å². The van der Waals surface area contributed by atoms with Crippen LogP contribution in [-0.4, -0.2) is 38.0 Å². The first kappa shape index (κ1) is 18.5. The van der Waals surface area contributed by atoms with Gasteiger partial charge in [-0.25, -0.2) is 4.99 Å². The van der Waals surface area contributed by atoms with Gasteiger partial charge in [0.15, 0.2) is 5.96 Å². The number of benzene rings is 1. The van der Waals surface area contributed by atoms with Crippen molar-refractivity contribution in [1.29, 1.82) is 0 Å². The van der Waals surface area contributed by atoms with E-state index in [0.29, 0.717) is 11.9 Å². The molecule has 6 heteroatoms. The van der Waals surface area contributed by atoms with Crippen LogP contribution in [0.4, 0.5) is 5.69 Å². The van der Waals surface area contributed by atoms with Crippen molar-refractivity contribution in [2.24, 2.45) is 4.99 Å². The molecule has 1 aromatic carbocycles. The molecule has 1 unspecified atom stereocenters. The molecule has 1 aliphatic heterocycles. The Hall–Kier alpha value is -2.34. The summed E-state index contributed by atoms with van der Waals surface area (Å²) in [7, 11) is 0. The van der Waals surface area contributed by atoms with Crippen LogP contribution in [0.5, 0.6) is 0 Å². The van der Waals surface area contributed by atoms with Crippen molar-refractivity contribution in [3.63, 3.8) is 0 Å². The summed E-state index contributed by atoms with van der Waals surface area (Å²) in [6.07, 6.45) is 0.919. The van der Waals surface area contributed by atoms with E-state index >= 15 is 0 Å². The van der Waals surface area contributed by atoms with Gasteiger partial charge in [-0.05, 0) is 53.3 Å². The van der Waals surface area contributed by atoms with Gasteiger partial charge in [0.2, 0.25) is 5.91 Å². The number of carbonyl (C=O) groups is 1. The lowest BCUT2D eigenvalue weighted by atomic mass is 10.1. The SMILES string of the molecule is CCNC(=NCC(=O)N1CCc2ccccc21)NCC(C)c1ccsc1. The van der Waals surface area contributed by atoms with E-state index in [4.69, 9.17) is 0 Å². The molecule has 0 aliphatic carbocycles. The normalized spacial score (nSPS) is 14.8. The first-order chi connectivity index (χ1) is 12.7. The maximum atomic E-state index is 12.6. The van der Waals surface area contributed by atoms with E-state index in [1.54, 1.807) is 11.3 Å². The summed E-state index contributed by atoms with van der Waals surface area (Å²) in [5.41, 5.74) is 3.58. The molecule has 1 aliphatic rings. The Bertz CT molecular complexity index is 757. The zero-order valence-corrected chi connectivity index (χ0v) is 16.2. The van der Waals surface area contributed by atoms with Gasteiger partial charge in [-0.15, -0.1) is 0 Å². The highest BCUT2D eigenvalue weighted by atomic mass is 32.1. The monoisotopic (exact) mass is 370 g/mol. The third-order valence-electron chi connectivity index (χ3n) is 4.59. The third kappa shape index (κ3) is 4.43. The molecule has 0 radical (unpaired) electrons. The van der Waals surface area contributed by atoms with Crippen LogP contribution >= 0.6 is 11.3 Å². The highest BCUT2D eigenvalue weighted by molar-refractivity contribution is 7.07. The smallest absolute Gasteiger partial charge is 0.248 e. The predicted octanol–water partition coefficient (Wildman–Crippen LogP) is 3.00. The Balaban J connectivity index is 1.58. The summed E-state index contributed by atoms with van der Waals surface area (Å²) in [5.74, 6) is 1.12. The molecule has 1 amide bonds. The lowest BCUT2D eigenvalue weighted by Crippen LogP contribution is -2.40. The average molecular weight is 371 g/mol. The molecule has 0 bridgehead atoms. The zero-order valence-electron chi connectivity index (χ0n) is 15.4. The number of carbonyl (C=O) groups excluding carboxylic acids is 1. The Labute approximate surface area is 159 Å². The van der Waals surface area contributed by atoms with Gasteiger partial charge < -0.3 is 15.5 Å². The Kier molecular flexibility index (Phi) is 6.28. The van der Waals surface area contributed by atoms with Gasteiger partial charge >= 0.3 is 0 Å². The summed E-state index contributed by atoms with van der Waals surface area (Å²) in [4.78, 5) is 18.9. The number of para-hydroxylation sites is 1. The molecule has 138 valence electrons. The summed E-state index contributed by atoms with van der Waals surface area (Å²) in [6.45, 7) is 6.65. The molecule has 0 spiro atoms. The van der Waals surface area contributed by atoms with E-state index in [9.17, 15) is 4.79 Å². The number of nitrogens with zero attached hydrogens (tertiary/aromatic N) is 2. The van der Waals surface area contributed by atoms with Crippen molar-refractivity contribution < 1.29 is 4.79 Å². The number of thiophene rings is 1. The minimum atomic E-state index is 0.0398. The molecule has 5 nitrogen and oxygen atoms in total. The topological polar surface area (TPSA) is 56.7 Å². The molecule has 1 atom stereocenters. The van der Waals surface area contributed by atoms with Gasteiger partial charge in [-0.2, -0.15) is 11.3 Å². The number of anilines is 1. The fourth-order valence-electron chi connectivity index (χ4n) is 3.09. The van der Waals surface area contributed by atoms with Crippen molar-refractivity contribution in [2.75, 3.05) is 31.1 Å². The number of hydrogen-bond acceptors (Lipinski definition) is 3. The van der Waals surface area contributed by atoms with Crippen LogP contribution in [0.2, 0.25) is 0 Å². The number of amides is 1. The molecular formula is C20H26N4OS. The molecule has 0 saturated carbocycles. The summed E-state index contributed by atoms with van der Waals surface area (Å²) < 4.78 is 0. The van der Waals surface area contributed by atoms with Crippen LogP contribution in [-0.2, 0) is 11.2 Å². The lowest BCUT2D eigenvalue weighted by molar-refractivity contribution is -0.117. The quantitative estimate of drug-likeness (QED) is 0.607. The molecule has 3 rings (SSSR count). The second kappa shape index (κ2) is 8.85. The lowest BCUT2D eigenvalue weighted by Gasteiger charge is -2.18. The fourth-order valence-corrected chi connectivity index (χ4v) is 3.88. The fraction of sp³-hybridized carbons (Fsp3) is 0.400. The third-order valence-corrected chi connectivity index (χ3v) is 5.29. The number of fused-ring (bicyclic) bond motifs is 1. The minimum absolute atomic E-state index is 0.0398. The minimum Gasteiger partial charge on any atom is -0.357 e. The highest BCUT2D eigenvalue weighted by Crippen LogP contribution is 2.27. The molecule has 2 aromatic rings. The summed E-state index contributed by atoms with van der Waals surface area (Å²) in [6, 6.07) is 10.2.